The number of rotatable bonds is 6. The van der Waals surface area contributed by atoms with Crippen molar-refractivity contribution in [2.45, 2.75) is 71.3 Å². The fraction of sp³-hybridized carbons (Fsp3) is 0.714. The summed E-state index contributed by atoms with van der Waals surface area (Å²) in [6, 6.07) is 0.492. The lowest BCUT2D eigenvalue weighted by Crippen LogP contribution is -2.39. The minimum atomic E-state index is -0.305. The number of amides is 1. The van der Waals surface area contributed by atoms with E-state index in [1.807, 2.05) is 14.0 Å². The first-order valence-electron chi connectivity index (χ1n) is 10.3. The fourth-order valence-electron chi connectivity index (χ4n) is 4.30. The van der Waals surface area contributed by atoms with Crippen molar-refractivity contribution in [3.05, 3.63) is 16.0 Å². The molecular weight excluding hydrogens is 360 g/mol. The van der Waals surface area contributed by atoms with Crippen LogP contribution in [0.5, 0.6) is 0 Å². The van der Waals surface area contributed by atoms with Crippen LogP contribution in [0.4, 0.5) is 5.00 Å². The summed E-state index contributed by atoms with van der Waals surface area (Å²) in [5, 5.41) is 3.70. The Labute approximate surface area is 166 Å². The number of thiophene rings is 1. The van der Waals surface area contributed by atoms with Crippen molar-refractivity contribution < 1.29 is 14.3 Å². The molecule has 1 aromatic rings. The predicted molar refractivity (Wildman–Crippen MR) is 110 cm³/mol. The van der Waals surface area contributed by atoms with Crippen LogP contribution >= 0.6 is 11.3 Å². The van der Waals surface area contributed by atoms with Gasteiger partial charge in [-0.3, -0.25) is 9.69 Å². The minimum Gasteiger partial charge on any atom is -0.462 e. The smallest absolute Gasteiger partial charge is 0.341 e. The molecule has 0 spiro atoms. The average Bonchev–Trinajstić information content (AvgIpc) is 2.99. The molecule has 0 aromatic carbocycles. The molecule has 6 heteroatoms. The van der Waals surface area contributed by atoms with E-state index >= 15 is 0 Å². The number of carbonyl (C=O) groups excluding carboxylic acids is 2. The van der Waals surface area contributed by atoms with Crippen molar-refractivity contribution in [3.63, 3.8) is 0 Å². The molecule has 5 nitrogen and oxygen atoms in total. The van der Waals surface area contributed by atoms with Crippen LogP contribution in [0.1, 0.15) is 73.2 Å². The summed E-state index contributed by atoms with van der Waals surface area (Å²) in [7, 11) is 2.03. The van der Waals surface area contributed by atoms with Gasteiger partial charge >= 0.3 is 5.97 Å². The van der Waals surface area contributed by atoms with E-state index in [0.717, 1.165) is 24.8 Å². The Hall–Kier alpha value is -1.40. The van der Waals surface area contributed by atoms with Gasteiger partial charge in [-0.25, -0.2) is 4.79 Å². The highest BCUT2D eigenvalue weighted by Gasteiger charge is 2.29. The first-order chi connectivity index (χ1) is 13.0. The van der Waals surface area contributed by atoms with E-state index in [-0.39, 0.29) is 11.9 Å². The zero-order valence-electron chi connectivity index (χ0n) is 16.8. The number of nitrogens with zero attached hydrogens (tertiary/aromatic N) is 1. The van der Waals surface area contributed by atoms with Crippen molar-refractivity contribution in [2.24, 2.45) is 5.92 Å². The number of esters is 1. The lowest BCUT2D eigenvalue weighted by Gasteiger charge is -2.30. The highest BCUT2D eigenvalue weighted by molar-refractivity contribution is 7.17. The van der Waals surface area contributed by atoms with E-state index in [0.29, 0.717) is 35.7 Å². The molecule has 0 aliphatic heterocycles. The molecule has 1 amide bonds. The average molecular weight is 393 g/mol. The van der Waals surface area contributed by atoms with Crippen LogP contribution in [-0.4, -0.2) is 43.0 Å². The van der Waals surface area contributed by atoms with E-state index in [9.17, 15) is 9.59 Å². The second-order valence-electron chi connectivity index (χ2n) is 8.03. The third kappa shape index (κ3) is 4.91. The number of likely N-dealkylation sites (N-methyl/N-ethyl adjacent to an activating group) is 1. The molecule has 150 valence electrons. The van der Waals surface area contributed by atoms with Crippen LogP contribution in [0.3, 0.4) is 0 Å². The number of anilines is 1. The molecule has 1 unspecified atom stereocenters. The van der Waals surface area contributed by atoms with Gasteiger partial charge in [0.2, 0.25) is 5.91 Å². The number of fused-ring (bicyclic) bond motifs is 1. The molecule has 3 rings (SSSR count). The molecule has 2 aliphatic carbocycles. The third-order valence-electron chi connectivity index (χ3n) is 5.84. The monoisotopic (exact) mass is 392 g/mol. The molecule has 1 heterocycles. The first-order valence-corrected chi connectivity index (χ1v) is 11.1. The Kier molecular flexibility index (Phi) is 6.93. The zero-order chi connectivity index (χ0) is 19.4. The van der Waals surface area contributed by atoms with Crippen LogP contribution in [0.25, 0.3) is 0 Å². The van der Waals surface area contributed by atoms with Gasteiger partial charge in [0.25, 0.3) is 0 Å². The Morgan fingerprint density at radius 2 is 1.96 bits per heavy atom. The molecule has 1 aromatic heterocycles. The van der Waals surface area contributed by atoms with Gasteiger partial charge in [-0.2, -0.15) is 0 Å². The molecule has 0 saturated heterocycles. The quantitative estimate of drug-likeness (QED) is 0.735. The van der Waals surface area contributed by atoms with Crippen molar-refractivity contribution >= 4 is 28.2 Å². The van der Waals surface area contributed by atoms with Crippen molar-refractivity contribution in [3.8, 4) is 0 Å². The molecule has 1 atom stereocenters. The second kappa shape index (κ2) is 9.20. The van der Waals surface area contributed by atoms with Gasteiger partial charge < -0.3 is 10.1 Å². The molecule has 2 aliphatic rings. The zero-order valence-corrected chi connectivity index (χ0v) is 17.6. The highest BCUT2D eigenvalue weighted by Crippen LogP contribution is 2.40. The lowest BCUT2D eigenvalue weighted by atomic mass is 9.88. The summed E-state index contributed by atoms with van der Waals surface area (Å²) < 4.78 is 5.28. The number of hydrogen-bond acceptors (Lipinski definition) is 5. The van der Waals surface area contributed by atoms with E-state index in [4.69, 9.17) is 4.74 Å². The van der Waals surface area contributed by atoms with Gasteiger partial charge in [-0.15, -0.1) is 11.3 Å². The van der Waals surface area contributed by atoms with Crippen LogP contribution in [0.2, 0.25) is 0 Å². The molecule has 0 radical (unpaired) electrons. The molecule has 27 heavy (non-hydrogen) atoms. The highest BCUT2D eigenvalue weighted by atomic mass is 32.1. The van der Waals surface area contributed by atoms with Crippen LogP contribution in [0, 0.1) is 5.92 Å². The molecule has 1 N–H and O–H groups in total. The standard InChI is InChI=1S/C21H32N2O3S/c1-4-26-21(25)19-16-11-10-14(2)12-17(16)27-20(19)22-18(24)13-23(3)15-8-6-5-7-9-15/h14-15H,4-13H2,1-3H3,(H,22,24). The van der Waals surface area contributed by atoms with Gasteiger partial charge in [0.15, 0.2) is 0 Å². The molecular formula is C21H32N2O3S. The number of hydrogen-bond donors (Lipinski definition) is 1. The van der Waals surface area contributed by atoms with Crippen molar-refractivity contribution in [1.29, 1.82) is 0 Å². The Balaban J connectivity index is 1.73. The second-order valence-corrected chi connectivity index (χ2v) is 9.14. The van der Waals surface area contributed by atoms with E-state index in [1.54, 1.807) is 11.3 Å². The maximum Gasteiger partial charge on any atom is 0.341 e. The first kappa shape index (κ1) is 20.3. The topological polar surface area (TPSA) is 58.6 Å². The van der Waals surface area contributed by atoms with Crippen molar-refractivity contribution in [1.82, 2.24) is 4.90 Å². The fourth-order valence-corrected chi connectivity index (χ4v) is 5.72. The third-order valence-corrected chi connectivity index (χ3v) is 7.01. The normalized spacial score (nSPS) is 20.4. The van der Waals surface area contributed by atoms with Crippen LogP contribution < -0.4 is 5.32 Å². The SMILES string of the molecule is CCOC(=O)c1c(NC(=O)CN(C)C2CCCCC2)sc2c1CCC(C)C2. The number of ether oxygens (including phenoxy) is 1. The van der Waals surface area contributed by atoms with E-state index < -0.39 is 0 Å². The van der Waals surface area contributed by atoms with Crippen LogP contribution in [-0.2, 0) is 22.4 Å². The van der Waals surface area contributed by atoms with Gasteiger partial charge in [0.05, 0.1) is 18.7 Å². The Morgan fingerprint density at radius 3 is 2.67 bits per heavy atom. The minimum absolute atomic E-state index is 0.0414. The van der Waals surface area contributed by atoms with Gasteiger partial charge in [0, 0.05) is 10.9 Å². The summed E-state index contributed by atoms with van der Waals surface area (Å²) >= 11 is 1.56. The maximum absolute atomic E-state index is 12.7. The van der Waals surface area contributed by atoms with Gasteiger partial charge in [-0.05, 0) is 57.6 Å². The number of carbonyl (C=O) groups is 2. The lowest BCUT2D eigenvalue weighted by molar-refractivity contribution is -0.117. The Morgan fingerprint density at radius 1 is 1.22 bits per heavy atom. The summed E-state index contributed by atoms with van der Waals surface area (Å²) in [5.41, 5.74) is 1.69. The van der Waals surface area contributed by atoms with E-state index in [2.05, 4.69) is 17.1 Å². The summed E-state index contributed by atoms with van der Waals surface area (Å²) in [6.07, 6.45) is 9.08. The van der Waals surface area contributed by atoms with Crippen LogP contribution in [0.15, 0.2) is 0 Å². The summed E-state index contributed by atoms with van der Waals surface area (Å²) in [5.74, 6) is 0.271. The predicted octanol–water partition coefficient (Wildman–Crippen LogP) is 4.25. The largest absolute Gasteiger partial charge is 0.462 e. The van der Waals surface area contributed by atoms with Crippen molar-refractivity contribution in [2.75, 3.05) is 25.5 Å². The molecule has 1 fully saturated rings. The molecule has 0 bridgehead atoms. The molecule has 1 saturated carbocycles. The maximum atomic E-state index is 12.7. The van der Waals surface area contributed by atoms with E-state index in [1.165, 1.54) is 37.0 Å². The van der Waals surface area contributed by atoms with Gasteiger partial charge in [-0.1, -0.05) is 26.2 Å². The summed E-state index contributed by atoms with van der Waals surface area (Å²) in [6.45, 7) is 4.77. The summed E-state index contributed by atoms with van der Waals surface area (Å²) in [4.78, 5) is 28.6. The Bertz CT molecular complexity index is 679. The number of nitrogens with one attached hydrogen (secondary N) is 1. The van der Waals surface area contributed by atoms with Gasteiger partial charge in [0.1, 0.15) is 5.00 Å².